The molecule has 0 saturated carbocycles. The molecule has 1 aromatic rings. The smallest absolute Gasteiger partial charge is 0.245 e. The van der Waals surface area contributed by atoms with Gasteiger partial charge in [0.05, 0.1) is 10.0 Å². The summed E-state index contributed by atoms with van der Waals surface area (Å²) in [5.41, 5.74) is 0.563. The van der Waals surface area contributed by atoms with E-state index in [1.807, 2.05) is 0 Å². The van der Waals surface area contributed by atoms with Crippen molar-refractivity contribution < 1.29 is 14.7 Å². The van der Waals surface area contributed by atoms with Crippen LogP contribution in [0.2, 0.25) is 10.0 Å². The van der Waals surface area contributed by atoms with Crippen LogP contribution in [0.15, 0.2) is 12.1 Å². The zero-order valence-electron chi connectivity index (χ0n) is 12.0. The molecule has 7 heteroatoms. The van der Waals surface area contributed by atoms with Crippen molar-refractivity contribution >= 4 is 35.0 Å². The normalized spacial score (nSPS) is 28.3. The minimum Gasteiger partial charge on any atom is -0.508 e. The summed E-state index contributed by atoms with van der Waals surface area (Å²) in [4.78, 5) is 25.9. The molecule has 2 N–H and O–H groups in total. The number of phenolic OH excluding ortho intramolecular Hbond substituents is 1. The van der Waals surface area contributed by atoms with E-state index in [4.69, 9.17) is 23.2 Å². The molecule has 2 unspecified atom stereocenters. The summed E-state index contributed by atoms with van der Waals surface area (Å²) in [6, 6.07) is 2.04. The van der Waals surface area contributed by atoms with Crippen LogP contribution < -0.4 is 5.32 Å². The molecule has 2 heterocycles. The van der Waals surface area contributed by atoms with E-state index in [0.29, 0.717) is 35.0 Å². The second kappa shape index (κ2) is 5.63. The van der Waals surface area contributed by atoms with Crippen molar-refractivity contribution in [3.63, 3.8) is 0 Å². The molecule has 2 saturated heterocycles. The van der Waals surface area contributed by atoms with Gasteiger partial charge >= 0.3 is 0 Å². The first kappa shape index (κ1) is 15.4. The number of aromatic hydroxyl groups is 1. The Bertz CT molecular complexity index is 650. The molecule has 2 aliphatic heterocycles. The summed E-state index contributed by atoms with van der Waals surface area (Å²) >= 11 is 12.2. The number of piperazine rings is 1. The highest BCUT2D eigenvalue weighted by Crippen LogP contribution is 2.43. The summed E-state index contributed by atoms with van der Waals surface area (Å²) in [6.45, 7) is 2.15. The van der Waals surface area contributed by atoms with E-state index in [1.54, 1.807) is 11.8 Å². The highest BCUT2D eigenvalue weighted by molar-refractivity contribution is 6.42. The third-order valence-corrected chi connectivity index (χ3v) is 5.25. The van der Waals surface area contributed by atoms with Crippen LogP contribution in [-0.4, -0.2) is 40.4 Å². The number of nitrogens with one attached hydrogen (secondary N) is 1. The molecule has 0 aromatic heterocycles. The van der Waals surface area contributed by atoms with Crippen LogP contribution in [0.1, 0.15) is 31.2 Å². The Morgan fingerprint density at radius 2 is 2.05 bits per heavy atom. The van der Waals surface area contributed by atoms with Gasteiger partial charge in [-0.15, -0.1) is 0 Å². The Balaban J connectivity index is 1.90. The lowest BCUT2D eigenvalue weighted by molar-refractivity contribution is -0.151. The van der Waals surface area contributed by atoms with Crippen molar-refractivity contribution in [2.45, 2.75) is 37.8 Å². The van der Waals surface area contributed by atoms with Gasteiger partial charge in [0.2, 0.25) is 11.8 Å². The quantitative estimate of drug-likeness (QED) is 0.822. The van der Waals surface area contributed by atoms with Crippen LogP contribution in [-0.2, 0) is 9.59 Å². The Hall–Kier alpha value is -1.46. The summed E-state index contributed by atoms with van der Waals surface area (Å²) in [6.07, 6.45) is 1.06. The second-order valence-electron chi connectivity index (χ2n) is 5.79. The number of piperidine rings is 1. The van der Waals surface area contributed by atoms with Crippen molar-refractivity contribution in [3.05, 3.63) is 27.7 Å². The summed E-state index contributed by atoms with van der Waals surface area (Å²) < 4.78 is 0. The summed E-state index contributed by atoms with van der Waals surface area (Å²) in [5.74, 6) is -0.262. The Kier molecular flexibility index (Phi) is 3.95. The summed E-state index contributed by atoms with van der Waals surface area (Å²) in [5, 5.41) is 13.5. The molecule has 5 nitrogen and oxygen atoms in total. The summed E-state index contributed by atoms with van der Waals surface area (Å²) in [7, 11) is 0. The molecule has 0 radical (unpaired) electrons. The maximum absolute atomic E-state index is 12.2. The van der Waals surface area contributed by atoms with E-state index in [9.17, 15) is 14.7 Å². The lowest BCUT2D eigenvalue weighted by Gasteiger charge is -2.43. The number of halogens is 2. The SMILES string of the molecule is C[C@@H]1NC(=O)C2CC(c3c(O)ccc(Cl)c3Cl)CCN2C1=O. The number of carbonyl (C=O) groups excluding carboxylic acids is 2. The fourth-order valence-electron chi connectivity index (χ4n) is 3.30. The van der Waals surface area contributed by atoms with Crippen molar-refractivity contribution in [2.24, 2.45) is 0 Å². The molecule has 0 spiro atoms. The van der Waals surface area contributed by atoms with Gasteiger partial charge in [0.15, 0.2) is 0 Å². The third kappa shape index (κ3) is 2.42. The predicted molar refractivity (Wildman–Crippen MR) is 83.2 cm³/mol. The number of rotatable bonds is 1. The third-order valence-electron chi connectivity index (χ3n) is 4.44. The van der Waals surface area contributed by atoms with E-state index in [1.165, 1.54) is 12.1 Å². The van der Waals surface area contributed by atoms with Gasteiger partial charge in [-0.2, -0.15) is 0 Å². The van der Waals surface area contributed by atoms with E-state index < -0.39 is 12.1 Å². The molecule has 3 rings (SSSR count). The molecule has 22 heavy (non-hydrogen) atoms. The zero-order chi connectivity index (χ0) is 16.0. The molecule has 2 aliphatic rings. The number of fused-ring (bicyclic) bond motifs is 1. The fraction of sp³-hybridized carbons (Fsp3) is 0.467. The first-order valence-corrected chi connectivity index (χ1v) is 7.93. The average molecular weight is 343 g/mol. The molecule has 2 amide bonds. The van der Waals surface area contributed by atoms with Crippen LogP contribution in [0.4, 0.5) is 0 Å². The van der Waals surface area contributed by atoms with Gasteiger partial charge in [0.25, 0.3) is 0 Å². The molecule has 118 valence electrons. The minimum absolute atomic E-state index is 0.0653. The lowest BCUT2D eigenvalue weighted by atomic mass is 9.83. The van der Waals surface area contributed by atoms with Crippen LogP contribution >= 0.6 is 23.2 Å². The molecular weight excluding hydrogens is 327 g/mol. The number of carbonyl (C=O) groups is 2. The zero-order valence-corrected chi connectivity index (χ0v) is 13.5. The predicted octanol–water partition coefficient (Wildman–Crippen LogP) is 2.29. The lowest BCUT2D eigenvalue weighted by Crippen LogP contribution is -2.64. The topological polar surface area (TPSA) is 69.6 Å². The van der Waals surface area contributed by atoms with Gasteiger partial charge in [-0.3, -0.25) is 9.59 Å². The fourth-order valence-corrected chi connectivity index (χ4v) is 3.78. The Morgan fingerprint density at radius 3 is 2.77 bits per heavy atom. The molecule has 2 fully saturated rings. The number of nitrogens with zero attached hydrogens (tertiary/aromatic N) is 1. The average Bonchev–Trinajstić information content (AvgIpc) is 2.49. The highest BCUT2D eigenvalue weighted by Gasteiger charge is 2.43. The van der Waals surface area contributed by atoms with Gasteiger partial charge in [-0.1, -0.05) is 23.2 Å². The standard InChI is InChI=1S/C15H16Cl2N2O3/c1-7-15(22)19-5-4-8(6-10(19)14(21)18-7)12-11(20)3-2-9(16)13(12)17/h2-3,7-8,10,20H,4-6H2,1H3,(H,18,21)/t7-,8?,10?/m0/s1. The van der Waals surface area contributed by atoms with E-state index in [0.717, 1.165) is 0 Å². The van der Waals surface area contributed by atoms with Crippen LogP contribution in [0.25, 0.3) is 0 Å². The Labute approximate surface area is 138 Å². The van der Waals surface area contributed by atoms with Gasteiger partial charge < -0.3 is 15.3 Å². The van der Waals surface area contributed by atoms with Crippen molar-refractivity contribution in [1.29, 1.82) is 0 Å². The first-order valence-electron chi connectivity index (χ1n) is 7.18. The Morgan fingerprint density at radius 1 is 1.32 bits per heavy atom. The number of benzene rings is 1. The van der Waals surface area contributed by atoms with Crippen LogP contribution in [0, 0.1) is 0 Å². The van der Waals surface area contributed by atoms with Crippen LogP contribution in [0.5, 0.6) is 5.75 Å². The minimum atomic E-state index is -0.517. The molecule has 1 aromatic carbocycles. The van der Waals surface area contributed by atoms with Crippen LogP contribution in [0.3, 0.4) is 0 Å². The van der Waals surface area contributed by atoms with Gasteiger partial charge in [0, 0.05) is 12.1 Å². The number of phenols is 1. The largest absolute Gasteiger partial charge is 0.508 e. The van der Waals surface area contributed by atoms with Gasteiger partial charge in [-0.05, 0) is 37.8 Å². The first-order chi connectivity index (χ1) is 10.4. The van der Waals surface area contributed by atoms with Gasteiger partial charge in [-0.25, -0.2) is 0 Å². The second-order valence-corrected chi connectivity index (χ2v) is 6.58. The maximum Gasteiger partial charge on any atom is 0.245 e. The van der Waals surface area contributed by atoms with Crippen molar-refractivity contribution in [2.75, 3.05) is 6.54 Å². The number of hydrogen-bond acceptors (Lipinski definition) is 3. The van der Waals surface area contributed by atoms with Gasteiger partial charge in [0.1, 0.15) is 17.8 Å². The number of amides is 2. The van der Waals surface area contributed by atoms with E-state index in [2.05, 4.69) is 5.32 Å². The molecule has 0 bridgehead atoms. The monoisotopic (exact) mass is 342 g/mol. The highest BCUT2D eigenvalue weighted by atomic mass is 35.5. The van der Waals surface area contributed by atoms with Crippen molar-refractivity contribution in [3.8, 4) is 5.75 Å². The molecule has 0 aliphatic carbocycles. The van der Waals surface area contributed by atoms with E-state index in [-0.39, 0.29) is 23.5 Å². The number of hydrogen-bond donors (Lipinski definition) is 2. The maximum atomic E-state index is 12.2. The van der Waals surface area contributed by atoms with E-state index >= 15 is 0 Å². The molecular formula is C15H16Cl2N2O3. The van der Waals surface area contributed by atoms with Crippen molar-refractivity contribution in [1.82, 2.24) is 10.2 Å². The molecule has 3 atom stereocenters.